The Balaban J connectivity index is 2.01. The van der Waals surface area contributed by atoms with E-state index in [1.165, 1.54) is 0 Å². The first-order chi connectivity index (χ1) is 8.93. The zero-order valence-corrected chi connectivity index (χ0v) is 11.4. The van der Waals surface area contributed by atoms with Crippen molar-refractivity contribution in [1.29, 1.82) is 0 Å². The molecule has 0 bridgehead atoms. The minimum Gasteiger partial charge on any atom is -0.368 e. The maximum atomic E-state index is 12.5. The number of rotatable bonds is 6. The number of halogens is 2. The normalized spacial score (nSPS) is 31.9. The molecule has 2 saturated carbocycles. The van der Waals surface area contributed by atoms with E-state index in [0.717, 1.165) is 32.1 Å². The zero-order valence-electron chi connectivity index (χ0n) is 11.4. The van der Waals surface area contributed by atoms with E-state index < -0.39 is 12.0 Å². The highest BCUT2D eigenvalue weighted by Crippen LogP contribution is 2.34. The van der Waals surface area contributed by atoms with E-state index >= 15 is 0 Å². The van der Waals surface area contributed by atoms with Crippen molar-refractivity contribution < 1.29 is 13.6 Å². The Bertz CT molecular complexity index is 336. The maximum absolute atomic E-state index is 12.5. The van der Waals surface area contributed by atoms with Gasteiger partial charge in [-0.15, -0.1) is 0 Å². The van der Waals surface area contributed by atoms with Crippen LogP contribution in [0.25, 0.3) is 0 Å². The fourth-order valence-corrected chi connectivity index (χ4v) is 3.03. The zero-order chi connectivity index (χ0) is 14.0. The van der Waals surface area contributed by atoms with E-state index in [1.807, 2.05) is 0 Å². The van der Waals surface area contributed by atoms with Gasteiger partial charge < -0.3 is 11.1 Å². The molecule has 0 spiro atoms. The molecule has 110 valence electrons. The van der Waals surface area contributed by atoms with Crippen LogP contribution in [0.2, 0.25) is 0 Å². The summed E-state index contributed by atoms with van der Waals surface area (Å²) in [5.74, 6) is -0.338. The standard InChI is InChI=1S/C13H23F2N3O/c1-18(8-11(14)15)10-3-2-6-13(7-10,12(16)19)17-9-4-5-9/h9-11,17H,2-8H2,1H3,(H2,16,19). The van der Waals surface area contributed by atoms with Crippen LogP contribution in [0.1, 0.15) is 38.5 Å². The molecule has 0 aliphatic heterocycles. The summed E-state index contributed by atoms with van der Waals surface area (Å²) in [4.78, 5) is 13.5. The number of nitrogens with zero attached hydrogens (tertiary/aromatic N) is 1. The van der Waals surface area contributed by atoms with E-state index in [-0.39, 0.29) is 18.5 Å². The predicted octanol–water partition coefficient (Wildman–Crippen LogP) is 1.10. The summed E-state index contributed by atoms with van der Waals surface area (Å²) in [6, 6.07) is 0.383. The third kappa shape index (κ3) is 3.63. The summed E-state index contributed by atoms with van der Waals surface area (Å²) in [7, 11) is 1.70. The molecule has 2 atom stereocenters. The van der Waals surface area contributed by atoms with Crippen molar-refractivity contribution in [2.45, 2.75) is 62.6 Å². The number of hydrogen-bond acceptors (Lipinski definition) is 3. The molecule has 2 rings (SSSR count). The highest BCUT2D eigenvalue weighted by atomic mass is 19.3. The minimum atomic E-state index is -2.34. The molecule has 2 aliphatic rings. The van der Waals surface area contributed by atoms with Crippen molar-refractivity contribution in [3.63, 3.8) is 0 Å². The lowest BCUT2D eigenvalue weighted by Gasteiger charge is -2.42. The number of nitrogens with two attached hydrogens (primary N) is 1. The van der Waals surface area contributed by atoms with E-state index in [9.17, 15) is 13.6 Å². The van der Waals surface area contributed by atoms with Gasteiger partial charge >= 0.3 is 0 Å². The van der Waals surface area contributed by atoms with Crippen LogP contribution >= 0.6 is 0 Å². The van der Waals surface area contributed by atoms with Gasteiger partial charge in [0.25, 0.3) is 6.43 Å². The molecular formula is C13H23F2N3O. The second kappa shape index (κ2) is 5.71. The van der Waals surface area contributed by atoms with Gasteiger partial charge in [0, 0.05) is 12.1 Å². The molecule has 2 aliphatic carbocycles. The van der Waals surface area contributed by atoms with Gasteiger partial charge in [0.1, 0.15) is 0 Å². The Morgan fingerprint density at radius 1 is 1.47 bits per heavy atom. The summed E-state index contributed by atoms with van der Waals surface area (Å²) in [6.45, 7) is -0.247. The number of primary amides is 1. The van der Waals surface area contributed by atoms with Crippen LogP contribution in [0.3, 0.4) is 0 Å². The molecule has 6 heteroatoms. The third-order valence-electron chi connectivity index (χ3n) is 4.30. The average Bonchev–Trinajstić information content (AvgIpc) is 3.12. The molecule has 2 fully saturated rings. The molecule has 0 aromatic heterocycles. The Hall–Kier alpha value is -0.750. The summed E-state index contributed by atoms with van der Waals surface area (Å²) in [5, 5.41) is 3.36. The first kappa shape index (κ1) is 14.7. The number of carbonyl (C=O) groups excluding carboxylic acids is 1. The summed E-state index contributed by atoms with van der Waals surface area (Å²) < 4.78 is 24.9. The summed E-state index contributed by atoms with van der Waals surface area (Å²) in [6.07, 6.45) is 2.77. The number of hydrogen-bond donors (Lipinski definition) is 2. The second-order valence-corrected chi connectivity index (χ2v) is 5.95. The summed E-state index contributed by atoms with van der Waals surface area (Å²) >= 11 is 0. The van der Waals surface area contributed by atoms with Gasteiger partial charge in [-0.1, -0.05) is 0 Å². The maximum Gasteiger partial charge on any atom is 0.251 e. The number of amides is 1. The fraction of sp³-hybridized carbons (Fsp3) is 0.923. The SMILES string of the molecule is CN(CC(F)F)C1CCCC(NC2CC2)(C(N)=O)C1. The lowest BCUT2D eigenvalue weighted by Crippen LogP contribution is -2.61. The molecule has 0 aromatic carbocycles. The van der Waals surface area contributed by atoms with Crippen molar-refractivity contribution in [3.8, 4) is 0 Å². The van der Waals surface area contributed by atoms with E-state index in [0.29, 0.717) is 12.5 Å². The molecule has 0 aromatic rings. The molecule has 0 radical (unpaired) electrons. The van der Waals surface area contributed by atoms with Crippen molar-refractivity contribution in [2.75, 3.05) is 13.6 Å². The molecular weight excluding hydrogens is 252 g/mol. The van der Waals surface area contributed by atoms with Gasteiger partial charge in [0.2, 0.25) is 5.91 Å². The Morgan fingerprint density at radius 2 is 2.16 bits per heavy atom. The number of carbonyl (C=O) groups is 1. The largest absolute Gasteiger partial charge is 0.368 e. The topological polar surface area (TPSA) is 58.4 Å². The van der Waals surface area contributed by atoms with Crippen LogP contribution in [-0.2, 0) is 4.79 Å². The quantitative estimate of drug-likeness (QED) is 0.763. The smallest absolute Gasteiger partial charge is 0.251 e. The van der Waals surface area contributed by atoms with E-state index in [2.05, 4.69) is 5.32 Å². The third-order valence-corrected chi connectivity index (χ3v) is 4.30. The van der Waals surface area contributed by atoms with Crippen LogP contribution in [0, 0.1) is 0 Å². The van der Waals surface area contributed by atoms with E-state index in [1.54, 1.807) is 11.9 Å². The van der Waals surface area contributed by atoms with Gasteiger partial charge in [-0.05, 0) is 45.6 Å². The molecule has 3 N–H and O–H groups in total. The molecule has 2 unspecified atom stereocenters. The van der Waals surface area contributed by atoms with Gasteiger partial charge in [-0.25, -0.2) is 8.78 Å². The van der Waals surface area contributed by atoms with Crippen LogP contribution in [0.5, 0.6) is 0 Å². The second-order valence-electron chi connectivity index (χ2n) is 5.95. The molecule has 4 nitrogen and oxygen atoms in total. The average molecular weight is 275 g/mol. The predicted molar refractivity (Wildman–Crippen MR) is 69.0 cm³/mol. The number of nitrogens with one attached hydrogen (secondary N) is 1. The van der Waals surface area contributed by atoms with Crippen LogP contribution in [0.15, 0.2) is 0 Å². The Kier molecular flexibility index (Phi) is 4.40. The van der Waals surface area contributed by atoms with Gasteiger partial charge in [-0.2, -0.15) is 0 Å². The highest BCUT2D eigenvalue weighted by Gasteiger charge is 2.45. The minimum absolute atomic E-state index is 0.00139. The number of alkyl halides is 2. The van der Waals surface area contributed by atoms with Crippen molar-refractivity contribution >= 4 is 5.91 Å². The lowest BCUT2D eigenvalue weighted by atomic mass is 9.77. The highest BCUT2D eigenvalue weighted by molar-refractivity contribution is 5.85. The Morgan fingerprint density at radius 3 is 2.68 bits per heavy atom. The summed E-state index contributed by atoms with van der Waals surface area (Å²) in [5.41, 5.74) is 4.88. The lowest BCUT2D eigenvalue weighted by molar-refractivity contribution is -0.126. The fourth-order valence-electron chi connectivity index (χ4n) is 3.03. The van der Waals surface area contributed by atoms with Crippen LogP contribution < -0.4 is 11.1 Å². The molecule has 1 amide bonds. The van der Waals surface area contributed by atoms with Crippen molar-refractivity contribution in [2.24, 2.45) is 5.73 Å². The molecule has 19 heavy (non-hydrogen) atoms. The van der Waals surface area contributed by atoms with Crippen LogP contribution in [0.4, 0.5) is 8.78 Å². The monoisotopic (exact) mass is 275 g/mol. The first-order valence-corrected chi connectivity index (χ1v) is 6.99. The van der Waals surface area contributed by atoms with Gasteiger partial charge in [0.05, 0.1) is 12.1 Å². The van der Waals surface area contributed by atoms with Gasteiger partial charge in [0.15, 0.2) is 0 Å². The van der Waals surface area contributed by atoms with E-state index in [4.69, 9.17) is 5.73 Å². The Labute approximate surface area is 112 Å². The van der Waals surface area contributed by atoms with Crippen molar-refractivity contribution in [1.82, 2.24) is 10.2 Å². The van der Waals surface area contributed by atoms with Crippen LogP contribution in [-0.4, -0.2) is 48.4 Å². The van der Waals surface area contributed by atoms with Crippen molar-refractivity contribution in [3.05, 3.63) is 0 Å². The van der Waals surface area contributed by atoms with Gasteiger partial charge in [-0.3, -0.25) is 9.69 Å². The molecule has 0 saturated heterocycles. The molecule has 0 heterocycles. The first-order valence-electron chi connectivity index (χ1n) is 6.99.